The summed E-state index contributed by atoms with van der Waals surface area (Å²) >= 11 is 4.82. The molecule has 1 unspecified atom stereocenters. The molecule has 2 amide bonds. The van der Waals surface area contributed by atoms with Gasteiger partial charge in [-0.3, -0.25) is 9.59 Å². The van der Waals surface area contributed by atoms with Crippen molar-refractivity contribution in [3.63, 3.8) is 0 Å². The third-order valence-electron chi connectivity index (χ3n) is 2.05. The van der Waals surface area contributed by atoms with Crippen LogP contribution in [0.2, 0.25) is 0 Å². The number of hydrogen-bond donors (Lipinski definition) is 3. The summed E-state index contributed by atoms with van der Waals surface area (Å²) in [4.78, 5) is 23.0. The van der Waals surface area contributed by atoms with E-state index >= 15 is 0 Å². The molecule has 0 aromatic carbocycles. The van der Waals surface area contributed by atoms with Gasteiger partial charge in [0.1, 0.15) is 0 Å². The lowest BCUT2D eigenvalue weighted by Gasteiger charge is -2.18. The molecule has 92 valence electrons. The fourth-order valence-electron chi connectivity index (χ4n) is 1.30. The van der Waals surface area contributed by atoms with Crippen LogP contribution in [0.1, 0.15) is 20.8 Å². The van der Waals surface area contributed by atoms with E-state index in [0.717, 1.165) is 0 Å². The third kappa shape index (κ3) is 5.06. The summed E-state index contributed by atoms with van der Waals surface area (Å²) in [6.45, 7) is 6.02. The summed E-state index contributed by atoms with van der Waals surface area (Å²) in [6, 6.07) is 0. The van der Waals surface area contributed by atoms with Crippen LogP contribution in [-0.4, -0.2) is 29.9 Å². The molecule has 0 radical (unpaired) electrons. The number of thiocarbonyl (C=S) groups is 1. The van der Waals surface area contributed by atoms with Gasteiger partial charge in [0.15, 0.2) is 0 Å². The van der Waals surface area contributed by atoms with E-state index in [9.17, 15) is 9.59 Å². The molecule has 0 aliphatic carbocycles. The molecule has 5 nitrogen and oxygen atoms in total. The maximum absolute atomic E-state index is 11.7. The van der Waals surface area contributed by atoms with Crippen LogP contribution in [0, 0.1) is 11.8 Å². The average Bonchev–Trinajstić information content (AvgIpc) is 2.14. The van der Waals surface area contributed by atoms with E-state index < -0.39 is 5.92 Å². The van der Waals surface area contributed by atoms with Crippen molar-refractivity contribution in [3.8, 4) is 0 Å². The number of hydrogen-bond acceptors (Lipinski definition) is 3. The molecule has 0 fully saturated rings. The first-order valence-corrected chi connectivity index (χ1v) is 5.64. The molecule has 0 heterocycles. The number of likely N-dealkylation sites (N-methyl/N-ethyl adjacent to an activating group) is 1. The van der Waals surface area contributed by atoms with Crippen molar-refractivity contribution in [2.24, 2.45) is 17.6 Å². The first-order chi connectivity index (χ1) is 7.40. The second-order valence-corrected chi connectivity index (χ2v) is 4.27. The summed E-state index contributed by atoms with van der Waals surface area (Å²) < 4.78 is 0. The Bertz CT molecular complexity index is 279. The van der Waals surface area contributed by atoms with Gasteiger partial charge in [0, 0.05) is 6.54 Å². The van der Waals surface area contributed by atoms with Crippen molar-refractivity contribution >= 4 is 29.0 Å². The van der Waals surface area contributed by atoms with Crippen molar-refractivity contribution in [1.82, 2.24) is 10.6 Å². The van der Waals surface area contributed by atoms with Crippen molar-refractivity contribution in [2.75, 3.05) is 13.1 Å². The van der Waals surface area contributed by atoms with Gasteiger partial charge in [0.2, 0.25) is 11.8 Å². The molecule has 1 atom stereocenters. The summed E-state index contributed by atoms with van der Waals surface area (Å²) in [5.41, 5.74) is 5.47. The van der Waals surface area contributed by atoms with Gasteiger partial charge in [0.05, 0.1) is 17.5 Å². The SMILES string of the molecule is CCNC(=O)CNC(=O)C(C(N)=S)C(C)C. The molecule has 6 heteroatoms. The zero-order valence-electron chi connectivity index (χ0n) is 9.87. The predicted octanol–water partition coefficient (Wildman–Crippen LogP) is -0.203. The largest absolute Gasteiger partial charge is 0.393 e. The summed E-state index contributed by atoms with van der Waals surface area (Å²) in [6.07, 6.45) is 0. The van der Waals surface area contributed by atoms with Gasteiger partial charge in [-0.1, -0.05) is 26.1 Å². The van der Waals surface area contributed by atoms with Gasteiger partial charge < -0.3 is 16.4 Å². The lowest BCUT2D eigenvalue weighted by molar-refractivity contribution is -0.127. The van der Waals surface area contributed by atoms with Crippen LogP contribution in [0.5, 0.6) is 0 Å². The second-order valence-electron chi connectivity index (χ2n) is 3.80. The van der Waals surface area contributed by atoms with Crippen LogP contribution in [-0.2, 0) is 9.59 Å². The van der Waals surface area contributed by atoms with Crippen LogP contribution in [0.3, 0.4) is 0 Å². The first-order valence-electron chi connectivity index (χ1n) is 5.23. The Morgan fingerprint density at radius 3 is 2.25 bits per heavy atom. The van der Waals surface area contributed by atoms with Crippen molar-refractivity contribution < 1.29 is 9.59 Å². The fraction of sp³-hybridized carbons (Fsp3) is 0.700. The molecular weight excluding hydrogens is 226 g/mol. The summed E-state index contributed by atoms with van der Waals surface area (Å²) in [5, 5.41) is 5.09. The standard InChI is InChI=1S/C10H19N3O2S/c1-4-12-7(14)5-13-10(15)8(6(2)3)9(11)16/h6,8H,4-5H2,1-3H3,(H2,11,16)(H,12,14)(H,13,15). The van der Waals surface area contributed by atoms with Crippen LogP contribution in [0.15, 0.2) is 0 Å². The number of rotatable bonds is 6. The average molecular weight is 245 g/mol. The molecule has 0 aliphatic heterocycles. The Balaban J connectivity index is 4.22. The molecule has 0 bridgehead atoms. The van der Waals surface area contributed by atoms with Gasteiger partial charge in [-0.25, -0.2) is 0 Å². The molecule has 4 N–H and O–H groups in total. The maximum Gasteiger partial charge on any atom is 0.239 e. The topological polar surface area (TPSA) is 84.2 Å². The molecule has 0 aliphatic rings. The quantitative estimate of drug-likeness (QED) is 0.566. The summed E-state index contributed by atoms with van der Waals surface area (Å²) in [5.74, 6) is -1.02. The minimum absolute atomic E-state index is 0.0201. The number of amides is 2. The van der Waals surface area contributed by atoms with E-state index in [1.807, 2.05) is 20.8 Å². The second kappa shape index (κ2) is 7.16. The molecule has 0 rings (SSSR count). The van der Waals surface area contributed by atoms with E-state index in [-0.39, 0.29) is 29.3 Å². The van der Waals surface area contributed by atoms with Gasteiger partial charge in [-0.2, -0.15) is 0 Å². The summed E-state index contributed by atoms with van der Waals surface area (Å²) in [7, 11) is 0. The van der Waals surface area contributed by atoms with Crippen molar-refractivity contribution in [2.45, 2.75) is 20.8 Å². The Hall–Kier alpha value is -1.17. The normalized spacial score (nSPS) is 12.0. The zero-order chi connectivity index (χ0) is 12.7. The molecule has 0 spiro atoms. The van der Waals surface area contributed by atoms with Crippen LogP contribution >= 0.6 is 12.2 Å². The monoisotopic (exact) mass is 245 g/mol. The molecule has 0 aromatic rings. The highest BCUT2D eigenvalue weighted by Gasteiger charge is 2.24. The highest BCUT2D eigenvalue weighted by molar-refractivity contribution is 7.80. The van der Waals surface area contributed by atoms with E-state index in [1.165, 1.54) is 0 Å². The minimum atomic E-state index is -0.524. The lowest BCUT2D eigenvalue weighted by Crippen LogP contribution is -2.44. The predicted molar refractivity (Wildman–Crippen MR) is 66.8 cm³/mol. The Morgan fingerprint density at radius 1 is 1.31 bits per heavy atom. The van der Waals surface area contributed by atoms with Crippen molar-refractivity contribution in [1.29, 1.82) is 0 Å². The molecule has 16 heavy (non-hydrogen) atoms. The van der Waals surface area contributed by atoms with E-state index in [2.05, 4.69) is 10.6 Å². The van der Waals surface area contributed by atoms with E-state index in [1.54, 1.807) is 0 Å². The Labute approximate surface area is 101 Å². The van der Waals surface area contributed by atoms with Gasteiger partial charge in [0.25, 0.3) is 0 Å². The van der Waals surface area contributed by atoms with Crippen LogP contribution in [0.4, 0.5) is 0 Å². The van der Waals surface area contributed by atoms with E-state index in [0.29, 0.717) is 6.54 Å². The Kier molecular flexibility index (Phi) is 6.64. The number of carbonyl (C=O) groups excluding carboxylic acids is 2. The molecule has 0 aromatic heterocycles. The number of nitrogens with one attached hydrogen (secondary N) is 2. The highest BCUT2D eigenvalue weighted by Crippen LogP contribution is 2.10. The van der Waals surface area contributed by atoms with E-state index in [4.69, 9.17) is 18.0 Å². The number of carbonyl (C=O) groups is 2. The zero-order valence-corrected chi connectivity index (χ0v) is 10.7. The molecular formula is C10H19N3O2S. The number of nitrogens with two attached hydrogens (primary N) is 1. The smallest absolute Gasteiger partial charge is 0.239 e. The Morgan fingerprint density at radius 2 is 1.88 bits per heavy atom. The van der Waals surface area contributed by atoms with Gasteiger partial charge in [-0.05, 0) is 12.8 Å². The first kappa shape index (κ1) is 14.8. The van der Waals surface area contributed by atoms with Gasteiger partial charge >= 0.3 is 0 Å². The fourth-order valence-corrected chi connectivity index (χ4v) is 1.68. The third-order valence-corrected chi connectivity index (χ3v) is 2.31. The van der Waals surface area contributed by atoms with Gasteiger partial charge in [-0.15, -0.1) is 0 Å². The van der Waals surface area contributed by atoms with Crippen molar-refractivity contribution in [3.05, 3.63) is 0 Å². The van der Waals surface area contributed by atoms with Crippen LogP contribution < -0.4 is 16.4 Å². The van der Waals surface area contributed by atoms with Crippen LogP contribution in [0.25, 0.3) is 0 Å². The molecule has 0 saturated heterocycles. The molecule has 0 saturated carbocycles. The highest BCUT2D eigenvalue weighted by atomic mass is 32.1. The minimum Gasteiger partial charge on any atom is -0.393 e. The maximum atomic E-state index is 11.7. The lowest BCUT2D eigenvalue weighted by atomic mass is 9.95.